The fourth-order valence-electron chi connectivity index (χ4n) is 1.49. The Labute approximate surface area is 147 Å². The molecule has 0 rings (SSSR count). The molecule has 0 fully saturated rings. The molecule has 0 spiro atoms. The van der Waals surface area contributed by atoms with Crippen LogP contribution in [0.5, 0.6) is 0 Å². The zero-order valence-corrected chi connectivity index (χ0v) is 15.2. The van der Waals surface area contributed by atoms with Gasteiger partial charge >= 0.3 is 6.36 Å². The number of unbranched alkanes of at least 4 members (excludes halogenated alkanes) is 1. The van der Waals surface area contributed by atoms with Crippen molar-refractivity contribution in [1.29, 1.82) is 0 Å². The molecule has 5 nitrogen and oxygen atoms in total. The Balaban J connectivity index is 4.02. The van der Waals surface area contributed by atoms with Gasteiger partial charge in [-0.3, -0.25) is 9.53 Å². The fourth-order valence-corrected chi connectivity index (χ4v) is 2.17. The van der Waals surface area contributed by atoms with E-state index in [0.717, 1.165) is 12.2 Å². The molecule has 0 aliphatic carbocycles. The first kappa shape index (κ1) is 23.7. The Morgan fingerprint density at radius 2 is 1.88 bits per heavy atom. The number of hydrogen-bond acceptors (Lipinski definition) is 3. The lowest BCUT2D eigenvalue weighted by Crippen LogP contribution is -2.25. The van der Waals surface area contributed by atoms with Crippen molar-refractivity contribution >= 4 is 16.9 Å². The lowest BCUT2D eigenvalue weighted by Gasteiger charge is -2.08. The Morgan fingerprint density at radius 3 is 2.44 bits per heavy atom. The molecule has 146 valence electrons. The molecule has 1 unspecified atom stereocenters. The number of halogens is 4. The van der Waals surface area contributed by atoms with E-state index in [9.17, 15) is 26.6 Å². The summed E-state index contributed by atoms with van der Waals surface area (Å²) in [6.07, 6.45) is -1.48. The summed E-state index contributed by atoms with van der Waals surface area (Å²) in [5, 5.41) is 2.51. The second-order valence-electron chi connectivity index (χ2n) is 5.44. The van der Waals surface area contributed by atoms with Crippen LogP contribution in [0.15, 0.2) is 23.7 Å². The molecule has 0 bridgehead atoms. The topological polar surface area (TPSA) is 67.4 Å². The molecule has 10 heteroatoms. The maximum Gasteiger partial charge on any atom is 0.522 e. The van der Waals surface area contributed by atoms with E-state index in [1.54, 1.807) is 0 Å². The van der Waals surface area contributed by atoms with Crippen LogP contribution >= 0.6 is 0 Å². The number of carbonyl (C=O) groups excluding carboxylic acids is 1. The summed E-state index contributed by atoms with van der Waals surface area (Å²) in [4.78, 5) is 11.6. The first-order valence-electron chi connectivity index (χ1n) is 7.69. The summed E-state index contributed by atoms with van der Waals surface area (Å²) in [6.45, 7) is 4.46. The molecular weight excluding hydrogens is 364 g/mol. The molecule has 0 radical (unpaired) electrons. The van der Waals surface area contributed by atoms with Gasteiger partial charge < -0.3 is 5.32 Å². The van der Waals surface area contributed by atoms with Crippen molar-refractivity contribution in [2.45, 2.75) is 51.6 Å². The van der Waals surface area contributed by atoms with Gasteiger partial charge in [0.15, 0.2) is 0 Å². The minimum absolute atomic E-state index is 0.0195. The molecular formula is C15H24F4N2O3S. The molecule has 2 N–H and O–H groups in total. The SMILES string of the molecule is C/C(=C\C=C(\F)COC(F)(F)F)NC(=O)CCCCNS(=O)C(C)C. The number of ether oxygens (including phenoxy) is 1. The summed E-state index contributed by atoms with van der Waals surface area (Å²) in [5.74, 6) is -1.41. The summed E-state index contributed by atoms with van der Waals surface area (Å²) in [5.41, 5.74) is 0.297. The van der Waals surface area contributed by atoms with E-state index < -0.39 is 29.8 Å². The second-order valence-corrected chi connectivity index (χ2v) is 7.27. The maximum atomic E-state index is 13.1. The van der Waals surface area contributed by atoms with Crippen molar-refractivity contribution in [3.05, 3.63) is 23.7 Å². The van der Waals surface area contributed by atoms with Crippen LogP contribution in [0.4, 0.5) is 17.6 Å². The smallest absolute Gasteiger partial charge is 0.330 e. The van der Waals surface area contributed by atoms with Crippen LogP contribution < -0.4 is 10.0 Å². The van der Waals surface area contributed by atoms with E-state index >= 15 is 0 Å². The van der Waals surface area contributed by atoms with Gasteiger partial charge in [-0.15, -0.1) is 13.2 Å². The highest BCUT2D eigenvalue weighted by Crippen LogP contribution is 2.17. The number of carbonyl (C=O) groups is 1. The average Bonchev–Trinajstić information content (AvgIpc) is 2.49. The Morgan fingerprint density at radius 1 is 1.24 bits per heavy atom. The number of alkyl halides is 3. The summed E-state index contributed by atoms with van der Waals surface area (Å²) in [7, 11) is -1.09. The fraction of sp³-hybridized carbons (Fsp3) is 0.667. The van der Waals surface area contributed by atoms with Crippen molar-refractivity contribution in [2.75, 3.05) is 13.2 Å². The van der Waals surface area contributed by atoms with Crippen molar-refractivity contribution in [3.63, 3.8) is 0 Å². The highest BCUT2D eigenvalue weighted by atomic mass is 32.2. The van der Waals surface area contributed by atoms with Gasteiger partial charge in [0.2, 0.25) is 5.91 Å². The average molecular weight is 388 g/mol. The predicted octanol–water partition coefficient (Wildman–Crippen LogP) is 3.23. The minimum atomic E-state index is -4.89. The van der Waals surface area contributed by atoms with Gasteiger partial charge in [-0.2, -0.15) is 0 Å². The zero-order valence-electron chi connectivity index (χ0n) is 14.4. The molecule has 0 aromatic rings. The van der Waals surface area contributed by atoms with Gasteiger partial charge in [0, 0.05) is 23.9 Å². The Bertz CT molecular complexity index is 505. The number of rotatable bonds is 11. The highest BCUT2D eigenvalue weighted by molar-refractivity contribution is 7.83. The van der Waals surface area contributed by atoms with E-state index in [0.29, 0.717) is 25.1 Å². The zero-order chi connectivity index (χ0) is 19.5. The molecule has 1 amide bonds. The molecule has 0 saturated heterocycles. The van der Waals surface area contributed by atoms with E-state index in [2.05, 4.69) is 14.8 Å². The van der Waals surface area contributed by atoms with Crippen LogP contribution in [0.2, 0.25) is 0 Å². The van der Waals surface area contributed by atoms with E-state index in [1.807, 2.05) is 13.8 Å². The summed E-state index contributed by atoms with van der Waals surface area (Å²) < 4.78 is 65.9. The van der Waals surface area contributed by atoms with Crippen LogP contribution in [-0.4, -0.2) is 34.9 Å². The van der Waals surface area contributed by atoms with Gasteiger partial charge in [0.25, 0.3) is 0 Å². The number of amides is 1. The lowest BCUT2D eigenvalue weighted by atomic mass is 10.2. The molecule has 0 aliphatic rings. The Kier molecular flexibility index (Phi) is 11.5. The first-order chi connectivity index (χ1) is 11.5. The van der Waals surface area contributed by atoms with Gasteiger partial charge in [-0.1, -0.05) is 0 Å². The minimum Gasteiger partial charge on any atom is -0.330 e. The predicted molar refractivity (Wildman–Crippen MR) is 88.2 cm³/mol. The standard InChI is InChI=1S/C15H24F4N2O3S/c1-11(2)25(23)20-9-5-4-6-14(22)21-12(3)7-8-13(16)10-24-15(17,18)19/h7-8,11,20H,4-6,9-10H2,1-3H3,(H,21,22)/b12-7+,13-8+. The number of allylic oxidation sites excluding steroid dienone is 3. The van der Waals surface area contributed by atoms with Crippen molar-refractivity contribution in [2.24, 2.45) is 0 Å². The molecule has 25 heavy (non-hydrogen) atoms. The summed E-state index contributed by atoms with van der Waals surface area (Å²) >= 11 is 0. The second kappa shape index (κ2) is 12.2. The summed E-state index contributed by atoms with van der Waals surface area (Å²) in [6, 6.07) is 0. The Hall–Kier alpha value is -1.26. The van der Waals surface area contributed by atoms with Crippen molar-refractivity contribution < 1.29 is 31.3 Å². The van der Waals surface area contributed by atoms with Crippen LogP contribution in [-0.2, 0) is 20.5 Å². The highest BCUT2D eigenvalue weighted by Gasteiger charge is 2.29. The van der Waals surface area contributed by atoms with Gasteiger partial charge in [-0.25, -0.2) is 13.3 Å². The largest absolute Gasteiger partial charge is 0.522 e. The van der Waals surface area contributed by atoms with Crippen LogP contribution in [0.3, 0.4) is 0 Å². The molecule has 0 aliphatic heterocycles. The molecule has 0 aromatic carbocycles. The first-order valence-corrected chi connectivity index (χ1v) is 8.90. The third-order valence-electron chi connectivity index (χ3n) is 2.73. The number of nitrogens with one attached hydrogen (secondary N) is 2. The maximum absolute atomic E-state index is 13.1. The van der Waals surface area contributed by atoms with Crippen molar-refractivity contribution in [3.8, 4) is 0 Å². The number of hydrogen-bond donors (Lipinski definition) is 2. The van der Waals surface area contributed by atoms with Crippen LogP contribution in [0, 0.1) is 0 Å². The van der Waals surface area contributed by atoms with E-state index in [-0.39, 0.29) is 17.6 Å². The lowest BCUT2D eigenvalue weighted by molar-refractivity contribution is -0.321. The van der Waals surface area contributed by atoms with Gasteiger partial charge in [0.1, 0.15) is 12.4 Å². The van der Waals surface area contributed by atoms with Gasteiger partial charge in [0.05, 0.1) is 11.0 Å². The molecule has 0 heterocycles. The van der Waals surface area contributed by atoms with Crippen LogP contribution in [0.1, 0.15) is 40.0 Å². The molecule has 0 saturated carbocycles. The third kappa shape index (κ3) is 14.8. The molecule has 0 aromatic heterocycles. The van der Waals surface area contributed by atoms with Crippen LogP contribution in [0.25, 0.3) is 0 Å². The quantitative estimate of drug-likeness (QED) is 0.324. The van der Waals surface area contributed by atoms with E-state index in [4.69, 9.17) is 0 Å². The van der Waals surface area contributed by atoms with Crippen molar-refractivity contribution in [1.82, 2.24) is 10.0 Å². The monoisotopic (exact) mass is 388 g/mol. The molecule has 1 atom stereocenters. The third-order valence-corrected chi connectivity index (χ3v) is 4.07. The van der Waals surface area contributed by atoms with Gasteiger partial charge in [-0.05, 0) is 45.8 Å². The normalized spacial score (nSPS) is 14.7. The van der Waals surface area contributed by atoms with E-state index in [1.165, 1.54) is 6.92 Å².